The van der Waals surface area contributed by atoms with E-state index in [4.69, 9.17) is 24.1 Å². The fourth-order valence-corrected chi connectivity index (χ4v) is 4.27. The molecule has 10 heteroatoms. The third-order valence-electron chi connectivity index (χ3n) is 6.06. The average Bonchev–Trinajstić information content (AvgIpc) is 3.33. The summed E-state index contributed by atoms with van der Waals surface area (Å²) in [4.78, 5) is 18.1. The number of anilines is 2. The van der Waals surface area contributed by atoms with E-state index in [0.717, 1.165) is 16.5 Å². The van der Waals surface area contributed by atoms with E-state index in [9.17, 15) is 22.4 Å². The van der Waals surface area contributed by atoms with Gasteiger partial charge in [0.1, 0.15) is 6.67 Å². The number of alkyl halides is 4. The molecule has 1 aliphatic heterocycles. The number of halogens is 4. The summed E-state index contributed by atoms with van der Waals surface area (Å²) in [6.45, 7) is 10.7. The Kier molecular flexibility index (Phi) is 15.8. The SMILES string of the molecule is CC#CC#CC#CC#CC#CC#CC#CC#CC#CC#CC#N.[C-]#[N+]c1ccc(N2C(=O)C(C)(CF)N(c3ccc(C)cc3)C2=S)cc1C(F)(F)F. The molecule has 0 aromatic heterocycles. The molecule has 1 unspecified atom stereocenters. The molecule has 0 spiro atoms. The zero-order valence-corrected chi connectivity index (χ0v) is 28.2. The van der Waals surface area contributed by atoms with Crippen molar-refractivity contribution in [1.82, 2.24) is 0 Å². The summed E-state index contributed by atoms with van der Waals surface area (Å²) in [5.41, 5.74) is -2.27. The molecule has 0 N–H and O–H groups in total. The van der Waals surface area contributed by atoms with E-state index in [1.165, 1.54) is 17.9 Å². The first-order chi connectivity index (χ1) is 25.0. The fraction of sp³-hybridized carbons (Fsp3) is 0.143. The minimum Gasteiger partial charge on any atom is -0.301 e. The average molecular weight is 703 g/mol. The van der Waals surface area contributed by atoms with Crippen molar-refractivity contribution in [2.45, 2.75) is 32.5 Å². The van der Waals surface area contributed by atoms with Gasteiger partial charge in [0.2, 0.25) is 0 Å². The van der Waals surface area contributed by atoms with Crippen LogP contribution in [0.3, 0.4) is 0 Å². The standard InChI is InChI=1S/C22H3N.C20H15F4N3OS/c1-2-3-4-5-6-7-8-9-10-11-12-13-14-15-16-17-18-19-20-21-22-23;1-12-4-6-13(7-5-12)27-18(29)26(17(28)19(27,2)11-21)14-8-9-16(25-3)15(10-14)20(22,23)24/h1H3;4-10H,11H2,1-2H3. The Morgan fingerprint density at radius 1 is 0.769 bits per heavy atom. The van der Waals surface area contributed by atoms with E-state index in [0.29, 0.717) is 11.8 Å². The monoisotopic (exact) mass is 702 g/mol. The highest BCUT2D eigenvalue weighted by Crippen LogP contribution is 2.42. The second kappa shape index (κ2) is 20.5. The van der Waals surface area contributed by atoms with Crippen LogP contribution in [0.25, 0.3) is 4.85 Å². The van der Waals surface area contributed by atoms with Crippen molar-refractivity contribution in [2.24, 2.45) is 0 Å². The van der Waals surface area contributed by atoms with Crippen molar-refractivity contribution in [3.8, 4) is 124 Å². The Bertz CT molecular complexity index is 2510. The Balaban J connectivity index is 0.000000372. The smallest absolute Gasteiger partial charge is 0.301 e. The minimum atomic E-state index is -4.79. The molecule has 5 nitrogen and oxygen atoms in total. The van der Waals surface area contributed by atoms with Gasteiger partial charge in [0.05, 0.1) is 12.1 Å². The van der Waals surface area contributed by atoms with Gasteiger partial charge in [-0.25, -0.2) is 9.24 Å². The maximum atomic E-state index is 14.0. The van der Waals surface area contributed by atoms with Crippen molar-refractivity contribution in [3.63, 3.8) is 0 Å². The second-order valence-corrected chi connectivity index (χ2v) is 9.91. The van der Waals surface area contributed by atoms with Gasteiger partial charge in [-0.15, -0.1) is 0 Å². The number of carbonyl (C=O) groups excluding carboxylic acids is 1. The van der Waals surface area contributed by atoms with Gasteiger partial charge in [0.15, 0.2) is 22.4 Å². The molecule has 1 fully saturated rings. The molecule has 2 aromatic rings. The molecule has 0 radical (unpaired) electrons. The first kappa shape index (κ1) is 40.3. The fourth-order valence-electron chi connectivity index (χ4n) is 3.78. The number of nitriles is 1. The summed E-state index contributed by atoms with van der Waals surface area (Å²) in [5.74, 6) is 48.3. The van der Waals surface area contributed by atoms with Gasteiger partial charge in [-0.2, -0.15) is 18.4 Å². The van der Waals surface area contributed by atoms with Crippen molar-refractivity contribution in [1.29, 1.82) is 5.26 Å². The zero-order valence-electron chi connectivity index (χ0n) is 27.4. The predicted octanol–water partition coefficient (Wildman–Crippen LogP) is 5.99. The molecule has 1 aliphatic rings. The van der Waals surface area contributed by atoms with E-state index in [1.807, 2.05) is 6.92 Å². The molecule has 3 rings (SSSR count). The van der Waals surface area contributed by atoms with Gasteiger partial charge in [-0.3, -0.25) is 9.69 Å². The predicted molar refractivity (Wildman–Crippen MR) is 195 cm³/mol. The molecule has 0 bridgehead atoms. The Morgan fingerprint density at radius 3 is 1.58 bits per heavy atom. The van der Waals surface area contributed by atoms with Crippen LogP contribution in [-0.4, -0.2) is 23.2 Å². The summed E-state index contributed by atoms with van der Waals surface area (Å²) in [7, 11) is 0. The lowest BCUT2D eigenvalue weighted by Gasteiger charge is -2.30. The van der Waals surface area contributed by atoms with Crippen LogP contribution in [0.5, 0.6) is 0 Å². The summed E-state index contributed by atoms with van der Waals surface area (Å²) in [6.07, 6.45) is -4.79. The van der Waals surface area contributed by atoms with Crippen LogP contribution < -0.4 is 9.80 Å². The van der Waals surface area contributed by atoms with E-state index < -0.39 is 35.5 Å². The Labute approximate surface area is 305 Å². The van der Waals surface area contributed by atoms with Crippen molar-refractivity contribution < 1.29 is 22.4 Å². The number of hydrogen-bond acceptors (Lipinski definition) is 3. The van der Waals surface area contributed by atoms with E-state index in [2.05, 4.69) is 123 Å². The number of hydrogen-bond donors (Lipinski definition) is 0. The molecule has 1 amide bonds. The summed E-state index contributed by atoms with van der Waals surface area (Å²) < 4.78 is 54.1. The normalized spacial score (nSPS) is 12.6. The van der Waals surface area contributed by atoms with Crippen LogP contribution in [-0.2, 0) is 11.0 Å². The molecule has 52 heavy (non-hydrogen) atoms. The molecule has 1 saturated heterocycles. The van der Waals surface area contributed by atoms with Crippen LogP contribution in [0, 0.1) is 143 Å². The molecule has 246 valence electrons. The second-order valence-electron chi connectivity index (χ2n) is 9.55. The molecule has 1 heterocycles. The van der Waals surface area contributed by atoms with Crippen LogP contribution in [0.15, 0.2) is 42.5 Å². The third-order valence-corrected chi connectivity index (χ3v) is 6.43. The number of amides is 1. The highest BCUT2D eigenvalue weighted by atomic mass is 32.1. The molecular weight excluding hydrogens is 685 g/mol. The quantitative estimate of drug-likeness (QED) is 0.171. The van der Waals surface area contributed by atoms with Crippen molar-refractivity contribution >= 4 is 40.3 Å². The van der Waals surface area contributed by atoms with Gasteiger partial charge in [-0.05, 0) is 105 Å². The van der Waals surface area contributed by atoms with E-state index >= 15 is 0 Å². The molecular formula is C42H18F4N4OS. The van der Waals surface area contributed by atoms with Crippen LogP contribution in [0.2, 0.25) is 0 Å². The zero-order chi connectivity index (χ0) is 38.4. The molecule has 0 aliphatic carbocycles. The molecule has 2 aromatic carbocycles. The summed E-state index contributed by atoms with van der Waals surface area (Å²) in [6, 6.07) is 11.3. The van der Waals surface area contributed by atoms with Crippen molar-refractivity contribution in [2.75, 3.05) is 16.5 Å². The van der Waals surface area contributed by atoms with Gasteiger partial charge in [0, 0.05) is 76.5 Å². The maximum Gasteiger partial charge on any atom is 0.407 e. The number of thiocarbonyl (C=S) groups is 1. The highest BCUT2D eigenvalue weighted by Gasteiger charge is 2.54. The molecule has 0 saturated carbocycles. The third kappa shape index (κ3) is 11.7. The number of benzene rings is 2. The van der Waals surface area contributed by atoms with Crippen LogP contribution in [0.1, 0.15) is 25.0 Å². The summed E-state index contributed by atoms with van der Waals surface area (Å²) in [5, 5.41) is 7.97. The van der Waals surface area contributed by atoms with Gasteiger partial charge < -0.3 is 4.90 Å². The lowest BCUT2D eigenvalue weighted by atomic mass is 10.0. The molecule has 1 atom stereocenters. The lowest BCUT2D eigenvalue weighted by Crippen LogP contribution is -2.49. The number of nitrogens with zero attached hydrogens (tertiary/aromatic N) is 4. The van der Waals surface area contributed by atoms with E-state index in [1.54, 1.807) is 37.3 Å². The van der Waals surface area contributed by atoms with Crippen LogP contribution >= 0.6 is 12.2 Å². The van der Waals surface area contributed by atoms with Crippen LogP contribution in [0.4, 0.5) is 34.6 Å². The first-order valence-electron chi connectivity index (χ1n) is 14.2. The Hall–Kier alpha value is -7.90. The van der Waals surface area contributed by atoms with Gasteiger partial charge >= 0.3 is 6.18 Å². The topological polar surface area (TPSA) is 51.7 Å². The van der Waals surface area contributed by atoms with Gasteiger partial charge in [0.25, 0.3) is 5.91 Å². The number of rotatable bonds is 3. The highest BCUT2D eigenvalue weighted by molar-refractivity contribution is 7.81. The number of aryl methyl sites for hydroxylation is 1. The van der Waals surface area contributed by atoms with Gasteiger partial charge in [-0.1, -0.05) is 29.7 Å². The minimum absolute atomic E-state index is 0.136. The largest absolute Gasteiger partial charge is 0.407 e. The number of carbonyl (C=O) groups is 1. The lowest BCUT2D eigenvalue weighted by molar-refractivity contribution is -0.136. The van der Waals surface area contributed by atoms with Crippen molar-refractivity contribution in [3.05, 3.63) is 65.0 Å². The van der Waals surface area contributed by atoms with E-state index in [-0.39, 0.29) is 10.8 Å². The maximum absolute atomic E-state index is 14.0. The first-order valence-corrected chi connectivity index (χ1v) is 14.6. The summed E-state index contributed by atoms with van der Waals surface area (Å²) >= 11 is 5.37. The Morgan fingerprint density at radius 2 is 1.19 bits per heavy atom.